The van der Waals surface area contributed by atoms with Gasteiger partial charge in [-0.1, -0.05) is 17.3 Å². The fourth-order valence-corrected chi connectivity index (χ4v) is 2.94. The highest BCUT2D eigenvalue weighted by atomic mass is 32.1. The molecule has 80 valence electrons. The van der Waals surface area contributed by atoms with Gasteiger partial charge >= 0.3 is 0 Å². The fourth-order valence-electron chi connectivity index (χ4n) is 1.92. The van der Waals surface area contributed by atoms with Gasteiger partial charge in [-0.05, 0) is 37.6 Å². The lowest BCUT2D eigenvalue weighted by atomic mass is 10.1. The summed E-state index contributed by atoms with van der Waals surface area (Å²) in [5.41, 5.74) is 2.17. The van der Waals surface area contributed by atoms with E-state index < -0.39 is 0 Å². The molecule has 3 aromatic rings. The number of aromatic nitrogens is 1. The van der Waals surface area contributed by atoms with Gasteiger partial charge in [0.25, 0.3) is 0 Å². The van der Waals surface area contributed by atoms with E-state index in [-0.39, 0.29) is 0 Å². The molecule has 2 aromatic heterocycles. The largest absolute Gasteiger partial charge is 0.354 e. The second-order valence-electron chi connectivity index (χ2n) is 3.90. The lowest BCUT2D eigenvalue weighted by molar-refractivity contribution is 0.441. The van der Waals surface area contributed by atoms with E-state index in [0.717, 1.165) is 16.7 Å². The van der Waals surface area contributed by atoms with Crippen molar-refractivity contribution in [2.75, 3.05) is 0 Å². The minimum absolute atomic E-state index is 0.895. The molecule has 0 saturated heterocycles. The van der Waals surface area contributed by atoms with Crippen LogP contribution in [0.5, 0.6) is 0 Å². The molecule has 0 aliphatic heterocycles. The lowest BCUT2D eigenvalue weighted by Gasteiger charge is -1.93. The third-order valence-corrected chi connectivity index (χ3v) is 3.78. The van der Waals surface area contributed by atoms with Crippen LogP contribution in [0.3, 0.4) is 0 Å². The van der Waals surface area contributed by atoms with Gasteiger partial charge in [-0.2, -0.15) is 0 Å². The predicted molar refractivity (Wildman–Crippen MR) is 66.8 cm³/mol. The normalized spacial score (nSPS) is 11.1. The van der Waals surface area contributed by atoms with E-state index in [0.29, 0.717) is 0 Å². The number of aryl methyl sites for hydroxylation is 2. The Hall–Kier alpha value is -1.61. The van der Waals surface area contributed by atoms with Crippen LogP contribution < -0.4 is 0 Å². The Kier molecular flexibility index (Phi) is 2.07. The first-order chi connectivity index (χ1) is 7.75. The van der Waals surface area contributed by atoms with Crippen LogP contribution in [0.25, 0.3) is 21.5 Å². The lowest BCUT2D eigenvalue weighted by Crippen LogP contribution is -1.72. The minimum Gasteiger partial charge on any atom is -0.354 e. The Labute approximate surface area is 97.5 Å². The van der Waals surface area contributed by atoms with Crippen LogP contribution in [0, 0.1) is 13.8 Å². The second-order valence-corrected chi connectivity index (χ2v) is 5.15. The molecule has 0 fully saturated rings. The molecule has 0 radical (unpaired) electrons. The van der Waals surface area contributed by atoms with Gasteiger partial charge in [0.15, 0.2) is 5.76 Å². The van der Waals surface area contributed by atoms with Gasteiger partial charge < -0.3 is 4.52 Å². The van der Waals surface area contributed by atoms with Crippen molar-refractivity contribution in [1.29, 1.82) is 0 Å². The van der Waals surface area contributed by atoms with E-state index in [1.807, 2.05) is 18.2 Å². The Morgan fingerprint density at radius 3 is 2.75 bits per heavy atom. The van der Waals surface area contributed by atoms with Gasteiger partial charge in [-0.15, -0.1) is 11.3 Å². The van der Waals surface area contributed by atoms with Gasteiger partial charge in [-0.3, -0.25) is 0 Å². The van der Waals surface area contributed by atoms with Crippen LogP contribution in [0.15, 0.2) is 34.9 Å². The Morgan fingerprint density at radius 1 is 1.19 bits per heavy atom. The van der Waals surface area contributed by atoms with Crippen LogP contribution in [-0.2, 0) is 0 Å². The molecule has 0 saturated carbocycles. The number of hydrogen-bond acceptors (Lipinski definition) is 3. The van der Waals surface area contributed by atoms with Gasteiger partial charge in [0.1, 0.15) is 5.52 Å². The van der Waals surface area contributed by atoms with Crippen LogP contribution >= 0.6 is 11.3 Å². The molecule has 1 aromatic carbocycles. The number of thiophene rings is 1. The fraction of sp³-hybridized carbons (Fsp3) is 0.154. The smallest absolute Gasteiger partial charge is 0.184 e. The summed E-state index contributed by atoms with van der Waals surface area (Å²) >= 11 is 1.75. The first-order valence-corrected chi connectivity index (χ1v) is 5.99. The zero-order valence-electron chi connectivity index (χ0n) is 9.15. The number of rotatable bonds is 1. The number of fused-ring (bicyclic) bond motifs is 1. The van der Waals surface area contributed by atoms with Gasteiger partial charge in [0.2, 0.25) is 0 Å². The van der Waals surface area contributed by atoms with Crippen molar-refractivity contribution in [2.24, 2.45) is 0 Å². The first kappa shape index (κ1) is 9.60. The average Bonchev–Trinajstić information content (AvgIpc) is 2.81. The summed E-state index contributed by atoms with van der Waals surface area (Å²) in [7, 11) is 0. The van der Waals surface area contributed by atoms with Crippen molar-refractivity contribution in [1.82, 2.24) is 5.16 Å². The van der Waals surface area contributed by atoms with Crippen molar-refractivity contribution in [3.63, 3.8) is 0 Å². The van der Waals surface area contributed by atoms with E-state index in [1.54, 1.807) is 11.3 Å². The summed E-state index contributed by atoms with van der Waals surface area (Å²) in [5, 5.41) is 5.17. The Balaban J connectivity index is 2.30. The maximum absolute atomic E-state index is 5.46. The van der Waals surface area contributed by atoms with Gasteiger partial charge in [0, 0.05) is 4.88 Å². The monoisotopic (exact) mass is 229 g/mol. The molecular formula is C13H11NOS. The maximum Gasteiger partial charge on any atom is 0.184 e. The van der Waals surface area contributed by atoms with Crippen LogP contribution in [0.1, 0.15) is 10.4 Å². The quantitative estimate of drug-likeness (QED) is 0.625. The van der Waals surface area contributed by atoms with Crippen LogP contribution in [0.4, 0.5) is 0 Å². The van der Waals surface area contributed by atoms with E-state index in [1.165, 1.54) is 15.3 Å². The first-order valence-electron chi connectivity index (χ1n) is 5.17. The van der Waals surface area contributed by atoms with Crippen molar-refractivity contribution < 1.29 is 4.52 Å². The third-order valence-electron chi connectivity index (χ3n) is 2.63. The number of benzene rings is 1. The van der Waals surface area contributed by atoms with Gasteiger partial charge in [-0.25, -0.2) is 0 Å². The molecule has 3 heteroatoms. The Morgan fingerprint density at radius 2 is 2.00 bits per heavy atom. The van der Waals surface area contributed by atoms with Crippen molar-refractivity contribution >= 4 is 22.2 Å². The molecule has 0 amide bonds. The summed E-state index contributed by atoms with van der Waals surface area (Å²) in [4.78, 5) is 2.49. The molecule has 0 N–H and O–H groups in total. The molecule has 16 heavy (non-hydrogen) atoms. The molecule has 3 rings (SSSR count). The molecule has 0 aliphatic rings. The average molecular weight is 229 g/mol. The summed E-state index contributed by atoms with van der Waals surface area (Å²) in [6.45, 7) is 4.22. The molecule has 0 bridgehead atoms. The molecule has 0 unspecified atom stereocenters. The van der Waals surface area contributed by atoms with E-state index in [9.17, 15) is 0 Å². The summed E-state index contributed by atoms with van der Waals surface area (Å²) in [6, 6.07) is 10.2. The SMILES string of the molecule is Cc1cc(C)c(-c2onc3ccccc23)s1. The van der Waals surface area contributed by atoms with E-state index >= 15 is 0 Å². The zero-order valence-corrected chi connectivity index (χ0v) is 9.97. The minimum atomic E-state index is 0.895. The van der Waals surface area contributed by atoms with Gasteiger partial charge in [0.05, 0.1) is 10.3 Å². The molecule has 2 heterocycles. The summed E-state index contributed by atoms with van der Waals surface area (Å²) < 4.78 is 5.46. The van der Waals surface area contributed by atoms with E-state index in [2.05, 4.69) is 31.1 Å². The molecule has 0 aliphatic carbocycles. The molecule has 0 atom stereocenters. The predicted octanol–water partition coefficient (Wildman–Crippen LogP) is 4.17. The summed E-state index contributed by atoms with van der Waals surface area (Å²) in [5.74, 6) is 0.895. The second kappa shape index (κ2) is 3.46. The van der Waals surface area contributed by atoms with Crippen molar-refractivity contribution in [3.05, 3.63) is 40.8 Å². The molecule has 2 nitrogen and oxygen atoms in total. The topological polar surface area (TPSA) is 26.0 Å². The standard InChI is InChI=1S/C13H11NOS/c1-8-7-9(2)16-13(8)12-10-5-3-4-6-11(10)14-15-12/h3-7H,1-2H3. The molecule has 0 spiro atoms. The zero-order chi connectivity index (χ0) is 11.1. The highest BCUT2D eigenvalue weighted by Gasteiger charge is 2.14. The third kappa shape index (κ3) is 1.36. The Bertz CT molecular complexity index is 651. The van der Waals surface area contributed by atoms with Crippen LogP contribution in [-0.4, -0.2) is 5.16 Å². The highest BCUT2D eigenvalue weighted by Crippen LogP contribution is 2.36. The summed E-state index contributed by atoms with van der Waals surface area (Å²) in [6.07, 6.45) is 0. The number of hydrogen-bond donors (Lipinski definition) is 0. The maximum atomic E-state index is 5.46. The van der Waals surface area contributed by atoms with Crippen molar-refractivity contribution in [3.8, 4) is 10.6 Å². The highest BCUT2D eigenvalue weighted by molar-refractivity contribution is 7.15. The van der Waals surface area contributed by atoms with Crippen LogP contribution in [0.2, 0.25) is 0 Å². The van der Waals surface area contributed by atoms with Crippen molar-refractivity contribution in [2.45, 2.75) is 13.8 Å². The van der Waals surface area contributed by atoms with E-state index in [4.69, 9.17) is 4.52 Å². The number of nitrogens with zero attached hydrogens (tertiary/aromatic N) is 1. The molecular weight excluding hydrogens is 218 g/mol.